The van der Waals surface area contributed by atoms with Crippen LogP contribution in [0, 0.1) is 0 Å². The number of ether oxygens (including phenoxy) is 1. The third-order valence-corrected chi connectivity index (χ3v) is 2.96. The quantitative estimate of drug-likeness (QED) is 0.754. The Kier molecular flexibility index (Phi) is 3.43. The van der Waals surface area contributed by atoms with E-state index in [1.165, 1.54) is 23.4 Å². The first-order chi connectivity index (χ1) is 8.24. The number of carbonyl (C=O) groups is 1. The fourth-order valence-corrected chi connectivity index (χ4v) is 2.09. The van der Waals surface area contributed by atoms with E-state index in [4.69, 9.17) is 4.74 Å². The van der Waals surface area contributed by atoms with Gasteiger partial charge >= 0.3 is 5.97 Å². The van der Waals surface area contributed by atoms with Gasteiger partial charge in [-0.25, -0.2) is 0 Å². The predicted octanol–water partition coefficient (Wildman–Crippen LogP) is 3.12. The second kappa shape index (κ2) is 5.00. The molecule has 17 heavy (non-hydrogen) atoms. The Morgan fingerprint density at radius 1 is 1.24 bits per heavy atom. The summed E-state index contributed by atoms with van der Waals surface area (Å²) in [7, 11) is 1.42. The van der Waals surface area contributed by atoms with Gasteiger partial charge in [-0.15, -0.1) is 0 Å². The van der Waals surface area contributed by atoms with Gasteiger partial charge in [0.15, 0.2) is 0 Å². The van der Waals surface area contributed by atoms with Crippen LogP contribution in [-0.2, 0) is 22.4 Å². The van der Waals surface area contributed by atoms with Gasteiger partial charge in [0.2, 0.25) is 0 Å². The molecule has 0 atom stereocenters. The van der Waals surface area contributed by atoms with Gasteiger partial charge in [-0.1, -0.05) is 43.3 Å². The normalized spacial score (nSPS) is 10.5. The first-order valence-corrected chi connectivity index (χ1v) is 5.82. The molecule has 0 saturated heterocycles. The molecule has 0 unspecified atom stereocenters. The van der Waals surface area contributed by atoms with E-state index in [1.54, 1.807) is 0 Å². The molecule has 0 radical (unpaired) electrons. The Hall–Kier alpha value is -1.83. The maximum Gasteiger partial charge on any atom is 0.309 e. The number of carbonyl (C=O) groups excluding carboxylic acids is 1. The van der Waals surface area contributed by atoms with Crippen molar-refractivity contribution in [3.05, 3.63) is 47.5 Å². The Balaban J connectivity index is 2.48. The number of methoxy groups -OCH3 is 1. The summed E-state index contributed by atoms with van der Waals surface area (Å²) in [4.78, 5) is 11.3. The molecular weight excluding hydrogens is 212 g/mol. The van der Waals surface area contributed by atoms with E-state index in [9.17, 15) is 4.79 Å². The van der Waals surface area contributed by atoms with Crippen molar-refractivity contribution < 1.29 is 9.53 Å². The average molecular weight is 228 g/mol. The minimum atomic E-state index is -0.192. The van der Waals surface area contributed by atoms with E-state index < -0.39 is 0 Å². The van der Waals surface area contributed by atoms with Gasteiger partial charge in [0.25, 0.3) is 0 Å². The van der Waals surface area contributed by atoms with Gasteiger partial charge in [-0.05, 0) is 28.3 Å². The van der Waals surface area contributed by atoms with Crippen molar-refractivity contribution in [2.75, 3.05) is 7.11 Å². The van der Waals surface area contributed by atoms with E-state index in [0.717, 1.165) is 12.0 Å². The SMILES string of the molecule is CCc1cc(CC(=O)OC)cc2ccccc12. The van der Waals surface area contributed by atoms with Crippen molar-refractivity contribution in [2.45, 2.75) is 19.8 Å². The topological polar surface area (TPSA) is 26.3 Å². The van der Waals surface area contributed by atoms with Crippen LogP contribution < -0.4 is 0 Å². The molecule has 0 spiro atoms. The molecule has 0 heterocycles. The van der Waals surface area contributed by atoms with Crippen LogP contribution >= 0.6 is 0 Å². The molecule has 2 heteroatoms. The molecule has 0 bridgehead atoms. The molecule has 2 aromatic carbocycles. The van der Waals surface area contributed by atoms with Crippen LogP contribution in [0.5, 0.6) is 0 Å². The van der Waals surface area contributed by atoms with E-state index in [2.05, 4.69) is 31.2 Å². The summed E-state index contributed by atoms with van der Waals surface area (Å²) in [5, 5.41) is 2.45. The number of esters is 1. The zero-order chi connectivity index (χ0) is 12.3. The highest BCUT2D eigenvalue weighted by Crippen LogP contribution is 2.22. The molecule has 0 aliphatic carbocycles. The number of aryl methyl sites for hydroxylation is 1. The van der Waals surface area contributed by atoms with Crippen LogP contribution in [0.4, 0.5) is 0 Å². The molecule has 2 aromatic rings. The Labute approximate surface area is 101 Å². The summed E-state index contributed by atoms with van der Waals surface area (Å²) in [5.74, 6) is -0.192. The lowest BCUT2D eigenvalue weighted by Gasteiger charge is -2.08. The summed E-state index contributed by atoms with van der Waals surface area (Å²) in [5.41, 5.74) is 2.30. The van der Waals surface area contributed by atoms with Gasteiger partial charge in [0, 0.05) is 0 Å². The summed E-state index contributed by atoms with van der Waals surface area (Å²) < 4.78 is 4.70. The van der Waals surface area contributed by atoms with Crippen molar-refractivity contribution in [1.29, 1.82) is 0 Å². The number of benzene rings is 2. The van der Waals surface area contributed by atoms with E-state index in [-0.39, 0.29) is 5.97 Å². The average Bonchev–Trinajstić information content (AvgIpc) is 2.37. The van der Waals surface area contributed by atoms with Crippen LogP contribution in [0.25, 0.3) is 10.8 Å². The van der Waals surface area contributed by atoms with Crippen molar-refractivity contribution in [1.82, 2.24) is 0 Å². The third kappa shape index (κ3) is 2.47. The standard InChI is InChI=1S/C15H16O2/c1-3-12-8-11(10-15(16)17-2)9-13-6-4-5-7-14(12)13/h4-9H,3,10H2,1-2H3. The third-order valence-electron chi connectivity index (χ3n) is 2.96. The Morgan fingerprint density at radius 3 is 2.71 bits per heavy atom. The molecule has 0 aromatic heterocycles. The van der Waals surface area contributed by atoms with Crippen molar-refractivity contribution in [3.8, 4) is 0 Å². The van der Waals surface area contributed by atoms with Crippen LogP contribution in [0.3, 0.4) is 0 Å². The Morgan fingerprint density at radius 2 is 2.00 bits per heavy atom. The maximum atomic E-state index is 11.3. The fourth-order valence-electron chi connectivity index (χ4n) is 2.09. The lowest BCUT2D eigenvalue weighted by molar-refractivity contribution is -0.139. The number of hydrogen-bond acceptors (Lipinski definition) is 2. The second-order valence-electron chi connectivity index (χ2n) is 4.08. The highest BCUT2D eigenvalue weighted by atomic mass is 16.5. The number of rotatable bonds is 3. The van der Waals surface area contributed by atoms with Gasteiger partial charge in [-0.2, -0.15) is 0 Å². The van der Waals surface area contributed by atoms with Gasteiger partial charge < -0.3 is 4.74 Å². The summed E-state index contributed by atoms with van der Waals surface area (Å²) in [6, 6.07) is 12.4. The molecule has 0 fully saturated rings. The maximum absolute atomic E-state index is 11.3. The summed E-state index contributed by atoms with van der Waals surface area (Å²) >= 11 is 0. The fraction of sp³-hybridized carbons (Fsp3) is 0.267. The molecular formula is C15H16O2. The van der Waals surface area contributed by atoms with E-state index in [0.29, 0.717) is 6.42 Å². The van der Waals surface area contributed by atoms with Gasteiger partial charge in [-0.3, -0.25) is 4.79 Å². The largest absolute Gasteiger partial charge is 0.469 e. The minimum absolute atomic E-state index is 0.192. The molecule has 0 saturated carbocycles. The highest BCUT2D eigenvalue weighted by Gasteiger charge is 2.06. The van der Waals surface area contributed by atoms with Crippen LogP contribution in [0.2, 0.25) is 0 Å². The zero-order valence-electron chi connectivity index (χ0n) is 10.2. The number of hydrogen-bond donors (Lipinski definition) is 0. The van der Waals surface area contributed by atoms with Crippen LogP contribution in [0.1, 0.15) is 18.1 Å². The molecule has 2 nitrogen and oxygen atoms in total. The van der Waals surface area contributed by atoms with Crippen molar-refractivity contribution in [2.24, 2.45) is 0 Å². The molecule has 2 rings (SSSR count). The van der Waals surface area contributed by atoms with E-state index in [1.807, 2.05) is 12.1 Å². The van der Waals surface area contributed by atoms with Gasteiger partial charge in [0.05, 0.1) is 13.5 Å². The summed E-state index contributed by atoms with van der Waals surface area (Å²) in [6.45, 7) is 2.13. The van der Waals surface area contributed by atoms with Crippen molar-refractivity contribution >= 4 is 16.7 Å². The second-order valence-corrected chi connectivity index (χ2v) is 4.08. The number of fused-ring (bicyclic) bond motifs is 1. The molecule has 0 aliphatic rings. The zero-order valence-corrected chi connectivity index (χ0v) is 10.2. The smallest absolute Gasteiger partial charge is 0.309 e. The molecule has 0 aliphatic heterocycles. The Bertz CT molecular complexity index is 544. The van der Waals surface area contributed by atoms with E-state index >= 15 is 0 Å². The molecule has 0 amide bonds. The first-order valence-electron chi connectivity index (χ1n) is 5.82. The summed E-state index contributed by atoms with van der Waals surface area (Å²) in [6.07, 6.45) is 1.31. The highest BCUT2D eigenvalue weighted by molar-refractivity contribution is 5.87. The van der Waals surface area contributed by atoms with Gasteiger partial charge in [0.1, 0.15) is 0 Å². The van der Waals surface area contributed by atoms with Crippen LogP contribution in [-0.4, -0.2) is 13.1 Å². The molecule has 0 N–H and O–H groups in total. The lowest BCUT2D eigenvalue weighted by Crippen LogP contribution is -2.04. The minimum Gasteiger partial charge on any atom is -0.469 e. The van der Waals surface area contributed by atoms with Crippen LogP contribution in [0.15, 0.2) is 36.4 Å². The lowest BCUT2D eigenvalue weighted by atomic mass is 9.98. The van der Waals surface area contributed by atoms with Crippen molar-refractivity contribution in [3.63, 3.8) is 0 Å². The first kappa shape index (κ1) is 11.6. The predicted molar refractivity (Wildman–Crippen MR) is 69.0 cm³/mol. The molecule has 88 valence electrons. The monoisotopic (exact) mass is 228 g/mol.